The topological polar surface area (TPSA) is 114 Å². The van der Waals surface area contributed by atoms with Gasteiger partial charge in [0.1, 0.15) is 46.0 Å². The van der Waals surface area contributed by atoms with E-state index < -0.39 is 0 Å². The second kappa shape index (κ2) is 34.2. The minimum atomic E-state index is -0.163. The van der Waals surface area contributed by atoms with E-state index in [1.54, 1.807) is 0 Å². The van der Waals surface area contributed by atoms with E-state index in [0.717, 1.165) is 336 Å². The van der Waals surface area contributed by atoms with Gasteiger partial charge in [0, 0.05) is 110 Å². The molecule has 17 aromatic rings. The van der Waals surface area contributed by atoms with Gasteiger partial charge in [-0.25, -0.2) is 0 Å². The van der Waals surface area contributed by atoms with Crippen LogP contribution in [0, 0.1) is 0 Å². The Morgan fingerprint density at radius 2 is 0.415 bits per heavy atom. The minimum absolute atomic E-state index is 0.163. The van der Waals surface area contributed by atoms with Crippen molar-refractivity contribution in [2.24, 2.45) is 0 Å². The lowest BCUT2D eigenvalue weighted by Crippen LogP contribution is -2.14. The van der Waals surface area contributed by atoms with Gasteiger partial charge in [0.05, 0.1) is 33.1 Å². The van der Waals surface area contributed by atoms with Gasteiger partial charge in [-0.05, 0) is 233 Å². The number of fused-ring (bicyclic) bond motifs is 6. The summed E-state index contributed by atoms with van der Waals surface area (Å²) < 4.78 is 37.9. The maximum absolute atomic E-state index is 15.9. The Morgan fingerprint density at radius 1 is 0.220 bits per heavy atom. The van der Waals surface area contributed by atoms with E-state index in [-0.39, 0.29) is 21.7 Å². The van der Waals surface area contributed by atoms with Crippen LogP contribution in [-0.2, 0) is 64.2 Å². The molecule has 0 aliphatic rings. The Morgan fingerprint density at radius 3 is 0.610 bits per heavy atom. The molecule has 6 heterocycles. The van der Waals surface area contributed by atoms with Crippen LogP contribution in [0.4, 0.5) is 0 Å². The van der Waals surface area contributed by atoms with E-state index in [1.807, 2.05) is 48.5 Å². The molecule has 0 atom stereocenters. The van der Waals surface area contributed by atoms with Crippen LogP contribution in [0.15, 0.2) is 165 Å². The fourth-order valence-corrected chi connectivity index (χ4v) is 19.6. The molecule has 0 amide bonds. The molecule has 0 aliphatic heterocycles. The summed E-state index contributed by atoms with van der Waals surface area (Å²) in [6.45, 7) is 22.3. The second-order valence-electron chi connectivity index (χ2n) is 34.1. The first kappa shape index (κ1) is 79.6. The monoisotopic (exact) mass is 1570 g/mol. The Labute approximate surface area is 692 Å². The summed E-state index contributed by atoms with van der Waals surface area (Å²) in [6.07, 6.45) is 26.8. The third kappa shape index (κ3) is 14.0. The number of rotatable bonds is 38. The van der Waals surface area contributed by atoms with Crippen LogP contribution in [0.5, 0.6) is 46.0 Å². The van der Waals surface area contributed by atoms with E-state index >= 15 is 19.2 Å². The summed E-state index contributed by atoms with van der Waals surface area (Å²) in [5, 5.41) is 11.4. The van der Waals surface area contributed by atoms with Crippen LogP contribution < -0.4 is 40.7 Å². The summed E-state index contributed by atoms with van der Waals surface area (Å²) in [6, 6.07) is 51.0. The van der Waals surface area contributed by atoms with Crippen molar-refractivity contribution in [2.75, 3.05) is 0 Å². The Bertz CT molecular complexity index is 5980. The zero-order valence-corrected chi connectivity index (χ0v) is 71.2. The van der Waals surface area contributed by atoms with Gasteiger partial charge in [-0.2, -0.15) is 0 Å². The van der Waals surface area contributed by atoms with E-state index in [0.29, 0.717) is 77.6 Å². The van der Waals surface area contributed by atoms with Crippen LogP contribution in [0.25, 0.3) is 119 Å². The van der Waals surface area contributed by atoms with Crippen LogP contribution >= 0.6 is 0 Å². The summed E-state index contributed by atoms with van der Waals surface area (Å²) >= 11 is 0. The highest BCUT2D eigenvalue weighted by molar-refractivity contribution is 6.46. The van der Waals surface area contributed by atoms with Crippen molar-refractivity contribution < 1.29 is 18.9 Å². The van der Waals surface area contributed by atoms with Crippen LogP contribution in [0.1, 0.15) is 253 Å². The fourth-order valence-electron chi connectivity index (χ4n) is 19.6. The molecule has 6 aromatic heterocycles. The number of nitrogens with zero attached hydrogens (tertiary/aromatic N) is 2. The predicted octanol–water partition coefficient (Wildman–Crippen LogP) is 28.9. The molecule has 10 nitrogen and oxygen atoms in total. The Kier molecular flexibility index (Phi) is 23.1. The van der Waals surface area contributed by atoms with Crippen LogP contribution in [0.2, 0.25) is 0 Å². The number of pyridine rings is 6. The van der Waals surface area contributed by atoms with Gasteiger partial charge in [0.25, 0.3) is 0 Å². The summed E-state index contributed by atoms with van der Waals surface area (Å²) in [5.41, 5.74) is 13.9. The molecule has 0 fully saturated rings. The fraction of sp³-hybridized carbons (Fsp3) is 0.370. The maximum Gasteiger partial charge on any atom is 0.190 e. The molecule has 0 bridgehead atoms. The van der Waals surface area contributed by atoms with Gasteiger partial charge in [-0.1, -0.05) is 206 Å². The second-order valence-corrected chi connectivity index (χ2v) is 34.1. The van der Waals surface area contributed by atoms with Crippen molar-refractivity contribution in [2.45, 2.75) is 262 Å². The van der Waals surface area contributed by atoms with Gasteiger partial charge in [-0.3, -0.25) is 19.2 Å². The quantitative estimate of drug-likeness (QED) is 0.0278. The number of aryl methyl sites for hydroxylation is 10. The van der Waals surface area contributed by atoms with Crippen molar-refractivity contribution in [3.05, 3.63) is 242 Å². The van der Waals surface area contributed by atoms with Gasteiger partial charge < -0.3 is 27.7 Å². The summed E-state index contributed by atoms with van der Waals surface area (Å²) in [7, 11) is 0. The number of para-hydroxylation sites is 4. The SMILES string of the molecule is CCCCc1cc2c(=O)cc3c4cc(Oc5c(CCCC)cccc5CCCC)c5c6c(Oc7c(CCCC)cccc7CCCC)cc7c8c(cc(Oc9c(CCCC)cccc9CCCC)c(c9c(Oc%10c(CCCC)cccc%10CCCC)cc(c4c59)c4cc(=O)c(c1)c2n34)c68)c1cc(=O)c2cc(CCCC)cc3c(=O)cc7n1c32. The number of hydrogen-bond acceptors (Lipinski definition) is 8. The van der Waals surface area contributed by atoms with E-state index in [4.69, 9.17) is 18.9 Å². The van der Waals surface area contributed by atoms with E-state index in [1.165, 1.54) is 0 Å². The zero-order chi connectivity index (χ0) is 81.6. The first-order valence-corrected chi connectivity index (χ1v) is 45.3. The lowest BCUT2D eigenvalue weighted by Gasteiger charge is -2.29. The predicted molar refractivity (Wildman–Crippen MR) is 497 cm³/mol. The Balaban J connectivity index is 1.19. The third-order valence-corrected chi connectivity index (χ3v) is 25.7. The maximum atomic E-state index is 15.9. The van der Waals surface area contributed by atoms with Gasteiger partial charge in [0.15, 0.2) is 21.7 Å². The average molecular weight is 1570 g/mol. The highest BCUT2D eigenvalue weighted by Crippen LogP contribution is 2.60. The van der Waals surface area contributed by atoms with Gasteiger partial charge in [-0.15, -0.1) is 0 Å². The minimum Gasteiger partial charge on any atom is -0.456 e. The molecule has 604 valence electrons. The van der Waals surface area contributed by atoms with Crippen molar-refractivity contribution >= 4 is 119 Å². The van der Waals surface area contributed by atoms with Crippen molar-refractivity contribution in [3.63, 3.8) is 0 Å². The first-order valence-electron chi connectivity index (χ1n) is 45.3. The smallest absolute Gasteiger partial charge is 0.190 e. The lowest BCUT2D eigenvalue weighted by atomic mass is 9.83. The highest BCUT2D eigenvalue weighted by Gasteiger charge is 2.35. The lowest BCUT2D eigenvalue weighted by molar-refractivity contribution is 0.468. The molecular weight excluding hydrogens is 1450 g/mol. The molecule has 10 heteroatoms. The number of unbranched alkanes of at least 4 members (excludes halogenated alkanes) is 10. The molecule has 118 heavy (non-hydrogen) atoms. The molecular formula is C108H114N2O8. The Hall–Kier alpha value is -10.8. The third-order valence-electron chi connectivity index (χ3n) is 25.7. The molecule has 0 spiro atoms. The largest absolute Gasteiger partial charge is 0.456 e. The molecule has 0 N–H and O–H groups in total. The zero-order valence-electron chi connectivity index (χ0n) is 71.2. The summed E-state index contributed by atoms with van der Waals surface area (Å²) in [5.74, 6) is 5.45. The van der Waals surface area contributed by atoms with Crippen molar-refractivity contribution in [1.29, 1.82) is 0 Å². The molecule has 0 radical (unpaired) electrons. The number of hydrogen-bond donors (Lipinski definition) is 0. The first-order chi connectivity index (χ1) is 57.8. The van der Waals surface area contributed by atoms with Crippen molar-refractivity contribution in [3.8, 4) is 46.0 Å². The van der Waals surface area contributed by atoms with Crippen molar-refractivity contribution in [1.82, 2.24) is 8.80 Å². The van der Waals surface area contributed by atoms with Gasteiger partial charge >= 0.3 is 0 Å². The molecule has 0 saturated carbocycles. The van der Waals surface area contributed by atoms with E-state index in [9.17, 15) is 0 Å². The van der Waals surface area contributed by atoms with Gasteiger partial charge in [0.2, 0.25) is 0 Å². The molecule has 0 saturated heterocycles. The van der Waals surface area contributed by atoms with Crippen LogP contribution in [-0.4, -0.2) is 8.80 Å². The highest BCUT2D eigenvalue weighted by atomic mass is 16.5. The van der Waals surface area contributed by atoms with Crippen LogP contribution in [0.3, 0.4) is 0 Å². The molecule has 17 rings (SSSR count). The molecule has 0 aliphatic carbocycles. The number of aromatic nitrogens is 2. The molecule has 11 aromatic carbocycles. The van der Waals surface area contributed by atoms with E-state index in [2.05, 4.69) is 175 Å². The number of benzene rings is 11. The number of ether oxygens (including phenoxy) is 4. The summed E-state index contributed by atoms with van der Waals surface area (Å²) in [4.78, 5) is 63.5. The molecule has 0 unspecified atom stereocenters. The average Bonchev–Trinajstić information content (AvgIpc) is 0.659. The standard InChI is InChI=1S/C108H114N2O8/c1-11-21-35-65-53-79-87(111)61-83-75-57-91(115-105-67(37-23-13-3)45-31-46-68(105)38-24-14-4)97-99-93(117-107-71(41-27-17-7)49-33-50-72(107)42-28-18-8)59-77-85-63-89(113)81-55-66(36-22-12-2)56-82-90(114)64-86(110(85)104(81)82)78-60-94(118-108-73(43-29-19-9)51-34-52-74(108)44-30-20-10)100(102(99)96(77)78)98-92(116-106-69(39-25-15-5)47-32-48-70(106)40-26-16-6)58-76(95(75)101(97)98)84-62-88(112)80(54-65)103(79)109(83)84/h31-34,45-64H,11-30,35-44H2,1-10H3. The normalized spacial score (nSPS) is 12.3.